The van der Waals surface area contributed by atoms with Crippen molar-refractivity contribution in [2.24, 2.45) is 9.98 Å². The summed E-state index contributed by atoms with van der Waals surface area (Å²) in [6.07, 6.45) is 0. The normalized spacial score (nSPS) is 18.7. The summed E-state index contributed by atoms with van der Waals surface area (Å²) in [6, 6.07) is 34.6. The maximum absolute atomic E-state index is 6.07. The molecular formula is C30H24BrN3O2. The predicted octanol–water partition coefficient (Wildman–Crippen LogP) is 7.23. The van der Waals surface area contributed by atoms with E-state index in [9.17, 15) is 0 Å². The van der Waals surface area contributed by atoms with E-state index in [2.05, 4.69) is 45.5 Å². The van der Waals surface area contributed by atoms with Gasteiger partial charge in [-0.25, -0.2) is 9.98 Å². The van der Waals surface area contributed by atoms with E-state index in [0.717, 1.165) is 38.1 Å². The Balaban J connectivity index is 1.31. The third-order valence-corrected chi connectivity index (χ3v) is 6.80. The smallest absolute Gasteiger partial charge is 0.219 e. The molecule has 0 spiro atoms. The van der Waals surface area contributed by atoms with Gasteiger partial charge in [-0.05, 0) is 41.5 Å². The Morgan fingerprint density at radius 3 is 1.78 bits per heavy atom. The Bertz CT molecular complexity index is 1440. The van der Waals surface area contributed by atoms with Crippen LogP contribution in [0.5, 0.6) is 0 Å². The van der Waals surface area contributed by atoms with E-state index < -0.39 is 0 Å². The third-order valence-electron chi connectivity index (χ3n) is 6.31. The Labute approximate surface area is 218 Å². The van der Waals surface area contributed by atoms with Crippen molar-refractivity contribution in [3.8, 4) is 0 Å². The fourth-order valence-corrected chi connectivity index (χ4v) is 4.82. The van der Waals surface area contributed by atoms with E-state index in [1.807, 2.05) is 78.9 Å². The van der Waals surface area contributed by atoms with Crippen LogP contribution in [-0.4, -0.2) is 25.0 Å². The van der Waals surface area contributed by atoms with Crippen LogP contribution in [0, 0.1) is 0 Å². The van der Waals surface area contributed by atoms with E-state index in [1.165, 1.54) is 0 Å². The molecule has 6 rings (SSSR count). The van der Waals surface area contributed by atoms with E-state index >= 15 is 0 Å². The second kappa shape index (κ2) is 9.99. The highest BCUT2D eigenvalue weighted by Gasteiger charge is 2.26. The number of hydrogen-bond donors (Lipinski definition) is 1. The van der Waals surface area contributed by atoms with E-state index in [0.29, 0.717) is 25.0 Å². The van der Waals surface area contributed by atoms with Gasteiger partial charge in [0.05, 0.1) is 22.5 Å². The summed E-state index contributed by atoms with van der Waals surface area (Å²) in [5.41, 5.74) is 5.92. The minimum absolute atomic E-state index is 0.00587. The summed E-state index contributed by atoms with van der Waals surface area (Å²) in [5, 5.41) is 3.59. The zero-order valence-corrected chi connectivity index (χ0v) is 21.1. The molecule has 178 valence electrons. The van der Waals surface area contributed by atoms with Crippen LogP contribution in [0.4, 0.5) is 11.4 Å². The zero-order chi connectivity index (χ0) is 24.3. The van der Waals surface area contributed by atoms with Gasteiger partial charge in [0.1, 0.15) is 25.3 Å². The van der Waals surface area contributed by atoms with E-state index in [-0.39, 0.29) is 12.1 Å². The van der Waals surface area contributed by atoms with E-state index in [1.54, 1.807) is 0 Å². The standard InChI is InChI=1S/C30H24BrN3O2/c31-22-15-16-26(24(17-22)30-34-28(19-36-30)21-11-5-2-6-12-21)32-25-14-8-7-13-23(25)29-33-27(18-35-29)20-9-3-1-4-10-20/h1-17,27-28,32H,18-19H2/t27-,28-/m0/s1. The van der Waals surface area contributed by atoms with Crippen molar-refractivity contribution >= 4 is 39.1 Å². The van der Waals surface area contributed by atoms with Crippen molar-refractivity contribution in [3.05, 3.63) is 130 Å². The molecule has 0 saturated heterocycles. The van der Waals surface area contributed by atoms with Gasteiger partial charge in [0.15, 0.2) is 0 Å². The monoisotopic (exact) mass is 537 g/mol. The molecule has 0 saturated carbocycles. The van der Waals surface area contributed by atoms with Crippen molar-refractivity contribution < 1.29 is 9.47 Å². The second-order valence-electron chi connectivity index (χ2n) is 8.70. The first-order valence-electron chi connectivity index (χ1n) is 11.9. The van der Waals surface area contributed by atoms with Crippen LogP contribution in [-0.2, 0) is 9.47 Å². The molecule has 0 unspecified atom stereocenters. The number of nitrogens with one attached hydrogen (secondary N) is 1. The number of benzene rings is 4. The first kappa shape index (κ1) is 22.6. The SMILES string of the molecule is Brc1ccc(Nc2ccccc2C2=N[C@H](c3ccccc3)CO2)c(C2=N[C@H](c3ccccc3)CO2)c1. The van der Waals surface area contributed by atoms with Crippen molar-refractivity contribution in [2.45, 2.75) is 12.1 Å². The summed E-state index contributed by atoms with van der Waals surface area (Å²) in [7, 11) is 0. The molecule has 4 aromatic carbocycles. The highest BCUT2D eigenvalue weighted by atomic mass is 79.9. The first-order chi connectivity index (χ1) is 17.7. The number of rotatable bonds is 6. The average Bonchev–Trinajstić information content (AvgIpc) is 3.62. The van der Waals surface area contributed by atoms with Gasteiger partial charge in [-0.2, -0.15) is 0 Å². The number of nitrogens with zero attached hydrogens (tertiary/aromatic N) is 2. The molecule has 2 aliphatic rings. The lowest BCUT2D eigenvalue weighted by Gasteiger charge is -2.15. The van der Waals surface area contributed by atoms with Crippen molar-refractivity contribution in [2.75, 3.05) is 18.5 Å². The molecule has 0 aromatic heterocycles. The summed E-state index contributed by atoms with van der Waals surface area (Å²) >= 11 is 3.61. The van der Waals surface area contributed by atoms with Crippen molar-refractivity contribution in [1.82, 2.24) is 0 Å². The molecule has 0 bridgehead atoms. The molecule has 0 amide bonds. The topological polar surface area (TPSA) is 55.2 Å². The fraction of sp³-hybridized carbons (Fsp3) is 0.133. The quantitative estimate of drug-likeness (QED) is 0.282. The predicted molar refractivity (Wildman–Crippen MR) is 147 cm³/mol. The molecule has 5 nitrogen and oxygen atoms in total. The van der Waals surface area contributed by atoms with Gasteiger partial charge < -0.3 is 14.8 Å². The Hall–Kier alpha value is -3.90. The molecule has 2 heterocycles. The minimum atomic E-state index is -0.0171. The molecule has 2 atom stereocenters. The fourth-order valence-electron chi connectivity index (χ4n) is 4.46. The molecule has 0 fully saturated rings. The summed E-state index contributed by atoms with van der Waals surface area (Å²) in [4.78, 5) is 9.79. The van der Waals surface area contributed by atoms with Gasteiger partial charge in [-0.15, -0.1) is 0 Å². The Kier molecular flexibility index (Phi) is 6.26. The number of para-hydroxylation sites is 1. The maximum atomic E-state index is 6.07. The van der Waals surface area contributed by atoms with Crippen LogP contribution in [0.15, 0.2) is 118 Å². The average molecular weight is 538 g/mol. The zero-order valence-electron chi connectivity index (χ0n) is 19.5. The molecule has 0 radical (unpaired) electrons. The highest BCUT2D eigenvalue weighted by Crippen LogP contribution is 2.33. The molecule has 36 heavy (non-hydrogen) atoms. The Morgan fingerprint density at radius 2 is 1.14 bits per heavy atom. The van der Waals surface area contributed by atoms with Gasteiger partial charge in [-0.3, -0.25) is 0 Å². The second-order valence-corrected chi connectivity index (χ2v) is 9.62. The number of anilines is 2. The van der Waals surface area contributed by atoms with Gasteiger partial charge in [-0.1, -0.05) is 88.7 Å². The molecule has 2 aliphatic heterocycles. The van der Waals surface area contributed by atoms with Crippen LogP contribution in [0.25, 0.3) is 0 Å². The maximum Gasteiger partial charge on any atom is 0.219 e. The lowest BCUT2D eigenvalue weighted by molar-refractivity contribution is 0.320. The van der Waals surface area contributed by atoms with Crippen LogP contribution in [0.2, 0.25) is 0 Å². The molecule has 6 heteroatoms. The lowest BCUT2D eigenvalue weighted by atomic mass is 10.1. The summed E-state index contributed by atoms with van der Waals surface area (Å²) in [6.45, 7) is 1.05. The molecule has 4 aromatic rings. The number of hydrogen-bond acceptors (Lipinski definition) is 5. The highest BCUT2D eigenvalue weighted by molar-refractivity contribution is 9.10. The molecule has 1 N–H and O–H groups in total. The summed E-state index contributed by atoms with van der Waals surface area (Å²) < 4.78 is 13.1. The van der Waals surface area contributed by atoms with Crippen LogP contribution in [0.3, 0.4) is 0 Å². The lowest BCUT2D eigenvalue weighted by Crippen LogP contribution is -2.09. The van der Waals surface area contributed by atoms with E-state index in [4.69, 9.17) is 19.5 Å². The van der Waals surface area contributed by atoms with Crippen molar-refractivity contribution in [3.63, 3.8) is 0 Å². The van der Waals surface area contributed by atoms with Gasteiger partial charge in [0.2, 0.25) is 11.8 Å². The largest absolute Gasteiger partial charge is 0.475 e. The molecule has 0 aliphatic carbocycles. The van der Waals surface area contributed by atoms with Gasteiger partial charge >= 0.3 is 0 Å². The molecular weight excluding hydrogens is 514 g/mol. The number of halogens is 1. The van der Waals surface area contributed by atoms with Crippen molar-refractivity contribution in [1.29, 1.82) is 0 Å². The van der Waals surface area contributed by atoms with Crippen LogP contribution < -0.4 is 5.32 Å². The first-order valence-corrected chi connectivity index (χ1v) is 12.7. The Morgan fingerprint density at radius 1 is 0.611 bits per heavy atom. The van der Waals surface area contributed by atoms with Crippen LogP contribution >= 0.6 is 15.9 Å². The number of aliphatic imine (C=N–C) groups is 2. The third kappa shape index (κ3) is 4.64. The summed E-state index contributed by atoms with van der Waals surface area (Å²) in [5.74, 6) is 1.27. The minimum Gasteiger partial charge on any atom is -0.475 e. The van der Waals surface area contributed by atoms with Gasteiger partial charge in [0, 0.05) is 4.47 Å². The number of ether oxygens (including phenoxy) is 2. The van der Waals surface area contributed by atoms with Crippen LogP contribution in [0.1, 0.15) is 34.3 Å². The van der Waals surface area contributed by atoms with Gasteiger partial charge in [0.25, 0.3) is 0 Å².